The van der Waals surface area contributed by atoms with E-state index in [2.05, 4.69) is 5.10 Å². The molecule has 1 atom stereocenters. The van der Waals surface area contributed by atoms with Crippen LogP contribution >= 0.6 is 11.6 Å². The second kappa shape index (κ2) is 6.50. The van der Waals surface area contributed by atoms with Crippen molar-refractivity contribution in [2.24, 2.45) is 0 Å². The van der Waals surface area contributed by atoms with Gasteiger partial charge in [-0.15, -0.1) is 0 Å². The van der Waals surface area contributed by atoms with Crippen LogP contribution < -0.4 is 0 Å². The molecule has 0 spiro atoms. The summed E-state index contributed by atoms with van der Waals surface area (Å²) in [6, 6.07) is 7.57. The van der Waals surface area contributed by atoms with Gasteiger partial charge in [-0.3, -0.25) is 9.48 Å². The molecular weight excluding hydrogens is 302 g/mol. The van der Waals surface area contributed by atoms with E-state index in [4.69, 9.17) is 16.3 Å². The van der Waals surface area contributed by atoms with E-state index in [1.165, 1.54) is 0 Å². The number of hydrogen-bond donors (Lipinski definition) is 0. The van der Waals surface area contributed by atoms with E-state index in [0.29, 0.717) is 24.7 Å². The van der Waals surface area contributed by atoms with Gasteiger partial charge < -0.3 is 9.64 Å². The van der Waals surface area contributed by atoms with Crippen LogP contribution in [0.2, 0.25) is 5.02 Å². The molecule has 5 nitrogen and oxygen atoms in total. The van der Waals surface area contributed by atoms with Crippen molar-refractivity contribution in [1.82, 2.24) is 14.7 Å². The molecule has 0 bridgehead atoms. The highest BCUT2D eigenvalue weighted by Crippen LogP contribution is 2.23. The SMILES string of the molecule is Cc1cnn(CC(=O)N2CCOC(c3ccc(Cl)cc3)C2)c1. The zero-order valence-electron chi connectivity index (χ0n) is 12.4. The van der Waals surface area contributed by atoms with Crippen molar-refractivity contribution in [3.8, 4) is 0 Å². The predicted octanol–water partition coefficient (Wildman–Crippen LogP) is 2.45. The molecule has 1 unspecified atom stereocenters. The largest absolute Gasteiger partial charge is 0.370 e. The summed E-state index contributed by atoms with van der Waals surface area (Å²) >= 11 is 5.91. The highest BCUT2D eigenvalue weighted by Gasteiger charge is 2.25. The average molecular weight is 320 g/mol. The zero-order chi connectivity index (χ0) is 15.5. The van der Waals surface area contributed by atoms with Crippen LogP contribution in [-0.4, -0.2) is 40.3 Å². The molecule has 1 amide bonds. The second-order valence-electron chi connectivity index (χ2n) is 5.47. The average Bonchev–Trinajstić information content (AvgIpc) is 2.93. The minimum Gasteiger partial charge on any atom is -0.370 e. The molecule has 0 saturated carbocycles. The Bertz CT molecular complexity index is 654. The van der Waals surface area contributed by atoms with Crippen LogP contribution in [-0.2, 0) is 16.1 Å². The van der Waals surface area contributed by atoms with Crippen molar-refractivity contribution >= 4 is 17.5 Å². The molecule has 2 heterocycles. The fraction of sp³-hybridized carbons (Fsp3) is 0.375. The van der Waals surface area contributed by atoms with Crippen LogP contribution in [0.1, 0.15) is 17.2 Å². The van der Waals surface area contributed by atoms with Gasteiger partial charge in [-0.2, -0.15) is 5.10 Å². The number of carbonyl (C=O) groups excluding carboxylic acids is 1. The van der Waals surface area contributed by atoms with Crippen molar-refractivity contribution < 1.29 is 9.53 Å². The molecule has 1 aliphatic heterocycles. The van der Waals surface area contributed by atoms with Crippen molar-refractivity contribution in [2.75, 3.05) is 19.7 Å². The van der Waals surface area contributed by atoms with E-state index in [-0.39, 0.29) is 18.6 Å². The number of morpholine rings is 1. The minimum atomic E-state index is -0.102. The number of carbonyl (C=O) groups is 1. The number of benzene rings is 1. The van der Waals surface area contributed by atoms with Gasteiger partial charge in [0.05, 0.1) is 19.3 Å². The zero-order valence-corrected chi connectivity index (χ0v) is 13.2. The lowest BCUT2D eigenvalue weighted by atomic mass is 10.1. The quantitative estimate of drug-likeness (QED) is 0.873. The molecule has 1 aromatic heterocycles. The van der Waals surface area contributed by atoms with E-state index in [9.17, 15) is 4.79 Å². The minimum absolute atomic E-state index is 0.0605. The summed E-state index contributed by atoms with van der Waals surface area (Å²) in [6.45, 7) is 3.93. The summed E-state index contributed by atoms with van der Waals surface area (Å²) in [4.78, 5) is 14.2. The number of halogens is 1. The molecule has 2 aromatic rings. The number of amides is 1. The third-order valence-corrected chi connectivity index (χ3v) is 3.97. The lowest BCUT2D eigenvalue weighted by Crippen LogP contribution is -2.43. The summed E-state index contributed by atoms with van der Waals surface area (Å²) in [6.07, 6.45) is 3.52. The molecule has 1 aliphatic rings. The second-order valence-corrected chi connectivity index (χ2v) is 5.90. The van der Waals surface area contributed by atoms with Crippen molar-refractivity contribution in [3.05, 3.63) is 52.8 Å². The van der Waals surface area contributed by atoms with E-state index < -0.39 is 0 Å². The molecule has 0 radical (unpaired) electrons. The number of aryl methyl sites for hydroxylation is 1. The van der Waals surface area contributed by atoms with Gasteiger partial charge in [0.15, 0.2) is 0 Å². The van der Waals surface area contributed by atoms with E-state index >= 15 is 0 Å². The number of hydrogen-bond acceptors (Lipinski definition) is 3. The first-order valence-corrected chi connectivity index (χ1v) is 7.63. The van der Waals surface area contributed by atoms with Gasteiger partial charge in [0.2, 0.25) is 5.91 Å². The molecule has 22 heavy (non-hydrogen) atoms. The number of nitrogens with zero attached hydrogens (tertiary/aromatic N) is 3. The van der Waals surface area contributed by atoms with Crippen molar-refractivity contribution in [2.45, 2.75) is 19.6 Å². The maximum Gasteiger partial charge on any atom is 0.244 e. The van der Waals surface area contributed by atoms with Crippen LogP contribution in [0, 0.1) is 6.92 Å². The van der Waals surface area contributed by atoms with Crippen LogP contribution in [0.5, 0.6) is 0 Å². The Balaban J connectivity index is 1.64. The van der Waals surface area contributed by atoms with E-state index in [1.807, 2.05) is 42.3 Å². The van der Waals surface area contributed by atoms with Crippen molar-refractivity contribution in [3.63, 3.8) is 0 Å². The molecule has 116 valence electrons. The fourth-order valence-electron chi connectivity index (χ4n) is 2.55. The first-order valence-electron chi connectivity index (χ1n) is 7.26. The number of aromatic nitrogens is 2. The molecule has 1 aromatic carbocycles. The van der Waals surface area contributed by atoms with Gasteiger partial charge >= 0.3 is 0 Å². The Hall–Kier alpha value is -1.85. The Labute approximate surface area is 134 Å². The molecule has 3 rings (SSSR count). The summed E-state index contributed by atoms with van der Waals surface area (Å²) < 4.78 is 7.45. The first-order chi connectivity index (χ1) is 10.6. The summed E-state index contributed by atoms with van der Waals surface area (Å²) in [7, 11) is 0. The van der Waals surface area contributed by atoms with Crippen LogP contribution in [0.25, 0.3) is 0 Å². The topological polar surface area (TPSA) is 47.4 Å². The third kappa shape index (κ3) is 3.48. The van der Waals surface area contributed by atoms with Gasteiger partial charge in [0, 0.05) is 17.8 Å². The van der Waals surface area contributed by atoms with Crippen LogP contribution in [0.15, 0.2) is 36.7 Å². The van der Waals surface area contributed by atoms with Gasteiger partial charge in [0.1, 0.15) is 12.6 Å². The monoisotopic (exact) mass is 319 g/mol. The maximum atomic E-state index is 12.4. The number of rotatable bonds is 3. The summed E-state index contributed by atoms with van der Waals surface area (Å²) in [5.74, 6) is 0.0605. The van der Waals surface area contributed by atoms with Gasteiger partial charge in [-0.1, -0.05) is 23.7 Å². The maximum absolute atomic E-state index is 12.4. The number of ether oxygens (including phenoxy) is 1. The Kier molecular flexibility index (Phi) is 4.45. The van der Waals surface area contributed by atoms with Crippen LogP contribution in [0.4, 0.5) is 0 Å². The van der Waals surface area contributed by atoms with Gasteiger partial charge in [-0.05, 0) is 30.2 Å². The Morgan fingerprint density at radius 3 is 2.86 bits per heavy atom. The van der Waals surface area contributed by atoms with Crippen LogP contribution in [0.3, 0.4) is 0 Å². The fourth-order valence-corrected chi connectivity index (χ4v) is 2.67. The lowest BCUT2D eigenvalue weighted by molar-refractivity contribution is -0.139. The summed E-state index contributed by atoms with van der Waals surface area (Å²) in [5.41, 5.74) is 2.09. The molecular formula is C16H18ClN3O2. The van der Waals surface area contributed by atoms with E-state index in [0.717, 1.165) is 11.1 Å². The molecule has 1 fully saturated rings. The molecule has 0 N–H and O–H groups in total. The van der Waals surface area contributed by atoms with Gasteiger partial charge in [-0.25, -0.2) is 0 Å². The Morgan fingerprint density at radius 2 is 2.18 bits per heavy atom. The molecule has 1 saturated heterocycles. The highest BCUT2D eigenvalue weighted by molar-refractivity contribution is 6.30. The van der Waals surface area contributed by atoms with Crippen molar-refractivity contribution in [1.29, 1.82) is 0 Å². The lowest BCUT2D eigenvalue weighted by Gasteiger charge is -2.33. The Morgan fingerprint density at radius 1 is 1.41 bits per heavy atom. The molecule has 0 aliphatic carbocycles. The normalized spacial score (nSPS) is 18.5. The standard InChI is InChI=1S/C16H18ClN3O2/c1-12-8-18-20(9-12)11-16(21)19-6-7-22-15(10-19)13-2-4-14(17)5-3-13/h2-5,8-9,15H,6-7,10-11H2,1H3. The highest BCUT2D eigenvalue weighted by atomic mass is 35.5. The predicted molar refractivity (Wildman–Crippen MR) is 83.7 cm³/mol. The van der Waals surface area contributed by atoms with E-state index in [1.54, 1.807) is 10.9 Å². The van der Waals surface area contributed by atoms with Gasteiger partial charge in [0.25, 0.3) is 0 Å². The smallest absolute Gasteiger partial charge is 0.244 e. The molecule has 6 heteroatoms. The summed E-state index contributed by atoms with van der Waals surface area (Å²) in [5, 5.41) is 4.86. The first kappa shape index (κ1) is 15.1. The third-order valence-electron chi connectivity index (χ3n) is 3.72.